The van der Waals surface area contributed by atoms with E-state index in [0.717, 1.165) is 44.2 Å². The smallest absolute Gasteiger partial charge is 0.191 e. The molecule has 1 aliphatic rings. The van der Waals surface area contributed by atoms with Gasteiger partial charge in [0.25, 0.3) is 0 Å². The van der Waals surface area contributed by atoms with E-state index in [0.29, 0.717) is 11.5 Å². The van der Waals surface area contributed by atoms with Crippen LogP contribution in [0.5, 0.6) is 0 Å². The minimum atomic E-state index is -0.166. The molecule has 2 N–H and O–H groups in total. The minimum Gasteiger partial charge on any atom is -0.356 e. The highest BCUT2D eigenvalue weighted by Crippen LogP contribution is 2.16. The summed E-state index contributed by atoms with van der Waals surface area (Å²) in [5, 5.41) is 6.77. The van der Waals surface area contributed by atoms with Crippen molar-refractivity contribution in [1.82, 2.24) is 20.4 Å². The number of guanidine groups is 1. The molecule has 1 aromatic carbocycles. The van der Waals surface area contributed by atoms with Crippen LogP contribution in [0.15, 0.2) is 23.2 Å². The van der Waals surface area contributed by atoms with Crippen molar-refractivity contribution >= 4 is 5.96 Å². The summed E-state index contributed by atoms with van der Waals surface area (Å²) in [6.45, 7) is 16.1. The average molecular weight is 378 g/mol. The Morgan fingerprint density at radius 2 is 1.85 bits per heavy atom. The van der Waals surface area contributed by atoms with Gasteiger partial charge in [-0.05, 0) is 43.5 Å². The molecule has 0 aliphatic carbocycles. The fraction of sp³-hybridized carbons (Fsp3) is 0.667. The van der Waals surface area contributed by atoms with Gasteiger partial charge in [-0.3, -0.25) is 4.99 Å². The molecule has 0 spiro atoms. The Kier molecular flexibility index (Phi) is 8.51. The Labute approximate surface area is 164 Å². The Balaban J connectivity index is 1.76. The summed E-state index contributed by atoms with van der Waals surface area (Å²) in [6, 6.07) is 5.36. The number of hydrogen-bond acceptors (Lipinski definition) is 3. The maximum Gasteiger partial charge on any atom is 0.191 e. The van der Waals surface area contributed by atoms with E-state index in [2.05, 4.69) is 39.3 Å². The summed E-state index contributed by atoms with van der Waals surface area (Å²) in [5.74, 6) is 1.12. The van der Waals surface area contributed by atoms with Crippen LogP contribution in [0.3, 0.4) is 0 Å². The quantitative estimate of drug-likeness (QED) is 0.566. The van der Waals surface area contributed by atoms with Gasteiger partial charge in [-0.15, -0.1) is 0 Å². The second-order valence-electron chi connectivity index (χ2n) is 7.67. The Hall–Kier alpha value is -1.66. The average Bonchev–Trinajstić information content (AvgIpc) is 2.67. The molecule has 1 heterocycles. The summed E-state index contributed by atoms with van der Waals surface area (Å²) in [5.41, 5.74) is 1.59. The molecule has 2 unspecified atom stereocenters. The molecule has 1 fully saturated rings. The summed E-state index contributed by atoms with van der Waals surface area (Å²) in [7, 11) is 1.77. The molecule has 1 aliphatic heterocycles. The normalized spacial score (nSPS) is 19.0. The van der Waals surface area contributed by atoms with Crippen LogP contribution in [-0.4, -0.2) is 68.6 Å². The molecular weight excluding hydrogens is 341 g/mol. The van der Waals surface area contributed by atoms with Crippen LogP contribution in [0.1, 0.15) is 37.9 Å². The van der Waals surface area contributed by atoms with Gasteiger partial charge in [0.05, 0.1) is 6.04 Å². The van der Waals surface area contributed by atoms with Crippen LogP contribution < -0.4 is 10.6 Å². The highest BCUT2D eigenvalue weighted by Gasteiger charge is 2.17. The van der Waals surface area contributed by atoms with E-state index in [1.165, 1.54) is 13.1 Å². The Bertz CT molecular complexity index is 611. The van der Waals surface area contributed by atoms with Crippen molar-refractivity contribution in [2.75, 3.05) is 52.9 Å². The molecular formula is C21H36FN5. The molecule has 1 aromatic rings. The van der Waals surface area contributed by atoms with Gasteiger partial charge in [0.2, 0.25) is 0 Å². The number of aryl methyl sites for hydroxylation is 1. The number of nitrogens with one attached hydrogen (secondary N) is 2. The summed E-state index contributed by atoms with van der Waals surface area (Å²) >= 11 is 0. The lowest BCUT2D eigenvalue weighted by atomic mass is 10.1. The van der Waals surface area contributed by atoms with Crippen LogP contribution in [0.25, 0.3) is 0 Å². The van der Waals surface area contributed by atoms with Gasteiger partial charge in [-0.25, -0.2) is 4.39 Å². The number of benzene rings is 1. The minimum absolute atomic E-state index is 0.0104. The molecule has 0 saturated carbocycles. The van der Waals surface area contributed by atoms with Gasteiger partial charge in [0, 0.05) is 46.3 Å². The second kappa shape index (κ2) is 10.6. The Morgan fingerprint density at radius 3 is 2.44 bits per heavy atom. The first-order chi connectivity index (χ1) is 12.9. The second-order valence-corrected chi connectivity index (χ2v) is 7.67. The van der Waals surface area contributed by atoms with Crippen molar-refractivity contribution in [1.29, 1.82) is 0 Å². The van der Waals surface area contributed by atoms with E-state index in [9.17, 15) is 4.39 Å². The predicted octanol–water partition coefficient (Wildman–Crippen LogP) is 2.63. The van der Waals surface area contributed by atoms with Gasteiger partial charge >= 0.3 is 0 Å². The first-order valence-corrected chi connectivity index (χ1v) is 10.1. The van der Waals surface area contributed by atoms with Gasteiger partial charge in [0.1, 0.15) is 5.82 Å². The molecule has 27 heavy (non-hydrogen) atoms. The summed E-state index contributed by atoms with van der Waals surface area (Å²) < 4.78 is 13.8. The van der Waals surface area contributed by atoms with Crippen LogP contribution in [0.4, 0.5) is 4.39 Å². The molecule has 1 saturated heterocycles. The highest BCUT2D eigenvalue weighted by atomic mass is 19.1. The van der Waals surface area contributed by atoms with Crippen molar-refractivity contribution in [2.45, 2.75) is 33.7 Å². The van der Waals surface area contributed by atoms with Crippen molar-refractivity contribution < 1.29 is 4.39 Å². The van der Waals surface area contributed by atoms with E-state index in [-0.39, 0.29) is 11.9 Å². The number of hydrogen-bond donors (Lipinski definition) is 2. The summed E-state index contributed by atoms with van der Waals surface area (Å²) in [6.07, 6.45) is 0. The fourth-order valence-electron chi connectivity index (χ4n) is 3.43. The van der Waals surface area contributed by atoms with Crippen molar-refractivity contribution in [3.05, 3.63) is 35.1 Å². The third-order valence-electron chi connectivity index (χ3n) is 5.37. The van der Waals surface area contributed by atoms with Gasteiger partial charge in [0.15, 0.2) is 5.96 Å². The molecule has 0 bridgehead atoms. The number of piperazine rings is 1. The Morgan fingerprint density at radius 1 is 1.19 bits per heavy atom. The van der Waals surface area contributed by atoms with Crippen LogP contribution in [0.2, 0.25) is 0 Å². The largest absolute Gasteiger partial charge is 0.356 e. The van der Waals surface area contributed by atoms with Gasteiger partial charge in [-0.2, -0.15) is 0 Å². The molecule has 6 heteroatoms. The fourth-order valence-corrected chi connectivity index (χ4v) is 3.43. The number of likely N-dealkylation sites (N-methyl/N-ethyl adjacent to an activating group) is 1. The van der Waals surface area contributed by atoms with Crippen LogP contribution in [-0.2, 0) is 0 Å². The third-order valence-corrected chi connectivity index (χ3v) is 5.37. The first-order valence-electron chi connectivity index (χ1n) is 10.1. The first kappa shape index (κ1) is 21.6. The molecule has 0 radical (unpaired) electrons. The molecule has 2 atom stereocenters. The number of aliphatic imine (C=N–C) groups is 1. The highest BCUT2D eigenvalue weighted by molar-refractivity contribution is 5.80. The number of rotatable bonds is 7. The van der Waals surface area contributed by atoms with Crippen molar-refractivity contribution in [3.8, 4) is 0 Å². The van der Waals surface area contributed by atoms with Crippen LogP contribution in [0, 0.1) is 18.7 Å². The topological polar surface area (TPSA) is 42.9 Å². The van der Waals surface area contributed by atoms with Gasteiger partial charge < -0.3 is 20.4 Å². The predicted molar refractivity (Wildman–Crippen MR) is 112 cm³/mol. The third kappa shape index (κ3) is 6.78. The zero-order valence-corrected chi connectivity index (χ0v) is 17.6. The molecule has 152 valence electrons. The van der Waals surface area contributed by atoms with Crippen molar-refractivity contribution in [2.24, 2.45) is 10.9 Å². The lowest BCUT2D eigenvalue weighted by Crippen LogP contribution is -2.48. The molecule has 0 aromatic heterocycles. The van der Waals surface area contributed by atoms with E-state index in [4.69, 9.17) is 0 Å². The monoisotopic (exact) mass is 377 g/mol. The standard InChI is InChI=1S/C21H36FN5/c1-6-26-9-11-27(12-10-26)15-16(2)14-24-21(23-5)25-18(4)19-8-7-17(3)20(22)13-19/h7-8,13,16,18H,6,9-12,14-15H2,1-5H3,(H2,23,24,25). The SMILES string of the molecule is CCN1CCN(CC(C)CNC(=NC)NC(C)c2ccc(C)c(F)c2)CC1. The van der Waals surface area contributed by atoms with E-state index >= 15 is 0 Å². The lowest BCUT2D eigenvalue weighted by molar-refractivity contribution is 0.124. The van der Waals surface area contributed by atoms with E-state index in [1.54, 1.807) is 20.0 Å². The zero-order valence-electron chi connectivity index (χ0n) is 17.6. The maximum absolute atomic E-state index is 13.8. The van der Waals surface area contributed by atoms with Gasteiger partial charge in [-0.1, -0.05) is 26.0 Å². The van der Waals surface area contributed by atoms with E-state index < -0.39 is 0 Å². The molecule has 2 rings (SSSR count). The lowest BCUT2D eigenvalue weighted by Gasteiger charge is -2.35. The van der Waals surface area contributed by atoms with Crippen molar-refractivity contribution in [3.63, 3.8) is 0 Å². The zero-order chi connectivity index (χ0) is 19.8. The maximum atomic E-state index is 13.8. The summed E-state index contributed by atoms with van der Waals surface area (Å²) in [4.78, 5) is 9.36. The number of nitrogens with zero attached hydrogens (tertiary/aromatic N) is 3. The molecule has 0 amide bonds. The molecule has 5 nitrogen and oxygen atoms in total. The van der Waals surface area contributed by atoms with Crippen LogP contribution >= 0.6 is 0 Å². The number of halogens is 1. The van der Waals surface area contributed by atoms with E-state index in [1.807, 2.05) is 19.1 Å².